The van der Waals surface area contributed by atoms with Crippen LogP contribution in [0.4, 0.5) is 0 Å². The van der Waals surface area contributed by atoms with Crippen molar-refractivity contribution in [3.8, 4) is 10.6 Å². The number of amides is 1. The Hall–Kier alpha value is -1.15. The molecule has 9 heteroatoms. The van der Waals surface area contributed by atoms with Gasteiger partial charge in [0.15, 0.2) is 0 Å². The van der Waals surface area contributed by atoms with E-state index in [2.05, 4.69) is 15.4 Å². The molecule has 0 aromatic carbocycles. The molecule has 0 aliphatic carbocycles. The van der Waals surface area contributed by atoms with Crippen LogP contribution in [0.15, 0.2) is 12.4 Å². The number of thiazole rings is 1. The summed E-state index contributed by atoms with van der Waals surface area (Å²) < 4.78 is 1.75. The van der Waals surface area contributed by atoms with Crippen LogP contribution in [-0.2, 0) is 7.05 Å². The third-order valence-electron chi connectivity index (χ3n) is 4.02. The largest absolute Gasteiger partial charge is 0.334 e. The maximum Gasteiger partial charge on any atom is 0.266 e. The number of nitrogens with zero attached hydrogens (tertiary/aromatic N) is 4. The Kier molecular flexibility index (Phi) is 7.66. The molecular weight excluding hydrogens is 369 g/mol. The lowest BCUT2D eigenvalue weighted by molar-refractivity contribution is 0.0741. The lowest BCUT2D eigenvalue weighted by atomic mass is 10.2. The molecule has 1 aliphatic heterocycles. The van der Waals surface area contributed by atoms with Gasteiger partial charge in [0.05, 0.1) is 11.9 Å². The summed E-state index contributed by atoms with van der Waals surface area (Å²) in [5.74, 6) is 0.114. The predicted octanol–water partition coefficient (Wildman–Crippen LogP) is 2.52. The highest BCUT2D eigenvalue weighted by molar-refractivity contribution is 7.17. The maximum atomic E-state index is 12.9. The quantitative estimate of drug-likeness (QED) is 0.869. The van der Waals surface area contributed by atoms with Gasteiger partial charge in [-0.25, -0.2) is 4.98 Å². The molecule has 1 amide bonds. The zero-order valence-electron chi connectivity index (χ0n) is 14.0. The first kappa shape index (κ1) is 20.9. The zero-order valence-corrected chi connectivity index (χ0v) is 16.4. The normalized spacial score (nSPS) is 16.6. The van der Waals surface area contributed by atoms with E-state index in [0.29, 0.717) is 6.04 Å². The lowest BCUT2D eigenvalue weighted by Crippen LogP contribution is -2.40. The van der Waals surface area contributed by atoms with Gasteiger partial charge in [-0.15, -0.1) is 36.2 Å². The van der Waals surface area contributed by atoms with Crippen molar-refractivity contribution in [3.05, 3.63) is 23.0 Å². The topological polar surface area (TPSA) is 63.1 Å². The summed E-state index contributed by atoms with van der Waals surface area (Å²) in [5, 5.41) is 8.21. The van der Waals surface area contributed by atoms with Gasteiger partial charge in [0, 0.05) is 37.9 Å². The first-order chi connectivity index (χ1) is 10.6. The van der Waals surface area contributed by atoms with E-state index in [0.717, 1.165) is 47.1 Å². The first-order valence-electron chi connectivity index (χ1n) is 7.52. The molecule has 1 unspecified atom stereocenters. The van der Waals surface area contributed by atoms with E-state index < -0.39 is 0 Å². The second-order valence-electron chi connectivity index (χ2n) is 5.69. The Morgan fingerprint density at radius 1 is 1.46 bits per heavy atom. The van der Waals surface area contributed by atoms with Crippen molar-refractivity contribution in [1.82, 2.24) is 25.0 Å². The molecule has 3 heterocycles. The molecule has 1 aliphatic rings. The number of carbonyl (C=O) groups excluding carboxylic acids is 1. The lowest BCUT2D eigenvalue weighted by Gasteiger charge is -2.24. The van der Waals surface area contributed by atoms with Crippen molar-refractivity contribution in [2.24, 2.45) is 7.05 Å². The summed E-state index contributed by atoms with van der Waals surface area (Å²) in [7, 11) is 3.81. The van der Waals surface area contributed by atoms with Crippen LogP contribution < -0.4 is 5.32 Å². The fourth-order valence-electron chi connectivity index (χ4n) is 2.93. The Labute approximate surface area is 158 Å². The predicted molar refractivity (Wildman–Crippen MR) is 102 cm³/mol. The summed E-state index contributed by atoms with van der Waals surface area (Å²) in [4.78, 5) is 20.2. The van der Waals surface area contributed by atoms with Crippen molar-refractivity contribution in [2.45, 2.75) is 25.8 Å². The number of carbonyl (C=O) groups is 1. The van der Waals surface area contributed by atoms with Crippen LogP contribution in [0, 0.1) is 6.92 Å². The molecular formula is C15H23Cl2N5OS. The van der Waals surface area contributed by atoms with Crippen molar-refractivity contribution in [2.75, 3.05) is 20.1 Å². The number of hydrogen-bond acceptors (Lipinski definition) is 5. The number of aromatic nitrogens is 3. The molecule has 0 spiro atoms. The molecule has 1 atom stereocenters. The fraction of sp³-hybridized carbons (Fsp3) is 0.533. The Morgan fingerprint density at radius 3 is 2.83 bits per heavy atom. The number of rotatable bonds is 4. The second-order valence-corrected chi connectivity index (χ2v) is 6.69. The summed E-state index contributed by atoms with van der Waals surface area (Å²) in [6.07, 6.45) is 5.85. The molecule has 24 heavy (non-hydrogen) atoms. The van der Waals surface area contributed by atoms with E-state index in [-0.39, 0.29) is 30.7 Å². The minimum atomic E-state index is 0. The number of likely N-dealkylation sites (N-methyl/N-ethyl adjacent to an activating group) is 1. The Bertz CT molecular complexity index is 687. The Balaban J connectivity index is 0.00000144. The van der Waals surface area contributed by atoms with E-state index in [9.17, 15) is 4.79 Å². The standard InChI is InChI=1S/C15H21N5OS.2ClH/c1-10-13(15(21)20-6-4-5-12(20)8-16-2)22-14(18-10)11-7-17-19(3)9-11;;/h7,9,12,16H,4-6,8H2,1-3H3;2*1H. The summed E-state index contributed by atoms with van der Waals surface area (Å²) in [6, 6.07) is 0.292. The van der Waals surface area contributed by atoms with Crippen LogP contribution in [0.5, 0.6) is 0 Å². The van der Waals surface area contributed by atoms with Crippen molar-refractivity contribution >= 4 is 42.1 Å². The minimum absolute atomic E-state index is 0. The Morgan fingerprint density at radius 2 is 2.21 bits per heavy atom. The number of hydrogen-bond donors (Lipinski definition) is 1. The van der Waals surface area contributed by atoms with Crippen LogP contribution >= 0.6 is 36.2 Å². The van der Waals surface area contributed by atoms with Crippen molar-refractivity contribution in [3.63, 3.8) is 0 Å². The first-order valence-corrected chi connectivity index (χ1v) is 8.34. The van der Waals surface area contributed by atoms with Gasteiger partial charge in [-0.3, -0.25) is 9.48 Å². The van der Waals surface area contributed by atoms with E-state index >= 15 is 0 Å². The average molecular weight is 392 g/mol. The van der Waals surface area contributed by atoms with Crippen molar-refractivity contribution < 1.29 is 4.79 Å². The number of aryl methyl sites for hydroxylation is 2. The van der Waals surface area contributed by atoms with Gasteiger partial charge in [-0.2, -0.15) is 5.10 Å². The van der Waals surface area contributed by atoms with E-state index in [1.807, 2.05) is 32.1 Å². The minimum Gasteiger partial charge on any atom is -0.334 e. The van der Waals surface area contributed by atoms with Gasteiger partial charge in [0.25, 0.3) is 5.91 Å². The molecule has 134 valence electrons. The van der Waals surface area contributed by atoms with Gasteiger partial charge >= 0.3 is 0 Å². The third-order valence-corrected chi connectivity index (χ3v) is 5.21. The van der Waals surface area contributed by atoms with E-state index in [1.165, 1.54) is 11.3 Å². The van der Waals surface area contributed by atoms with Gasteiger partial charge < -0.3 is 10.2 Å². The zero-order chi connectivity index (χ0) is 15.7. The third kappa shape index (κ3) is 4.08. The highest BCUT2D eigenvalue weighted by Crippen LogP contribution is 2.30. The molecule has 2 aromatic heterocycles. The molecule has 1 N–H and O–H groups in total. The molecule has 1 fully saturated rings. The van der Waals surface area contributed by atoms with Crippen LogP contribution in [0.1, 0.15) is 28.2 Å². The molecule has 2 aromatic rings. The monoisotopic (exact) mass is 391 g/mol. The number of halogens is 2. The molecule has 6 nitrogen and oxygen atoms in total. The fourth-order valence-corrected chi connectivity index (χ4v) is 3.93. The van der Waals surface area contributed by atoms with Crippen molar-refractivity contribution in [1.29, 1.82) is 0 Å². The summed E-state index contributed by atoms with van der Waals surface area (Å²) in [6.45, 7) is 3.59. The van der Waals surface area contributed by atoms with Gasteiger partial charge in [-0.1, -0.05) is 0 Å². The van der Waals surface area contributed by atoms with Crippen LogP contribution in [0.3, 0.4) is 0 Å². The molecule has 3 rings (SSSR count). The molecule has 1 saturated heterocycles. The van der Waals surface area contributed by atoms with Crippen LogP contribution in [-0.4, -0.2) is 51.8 Å². The van der Waals surface area contributed by atoms with E-state index in [1.54, 1.807) is 10.9 Å². The summed E-state index contributed by atoms with van der Waals surface area (Å²) >= 11 is 1.46. The summed E-state index contributed by atoms with van der Waals surface area (Å²) in [5.41, 5.74) is 1.77. The van der Waals surface area contributed by atoms with Gasteiger partial charge in [0.2, 0.25) is 0 Å². The smallest absolute Gasteiger partial charge is 0.266 e. The second kappa shape index (κ2) is 8.80. The SMILES string of the molecule is CNCC1CCCN1C(=O)c1sc(-c2cnn(C)c2)nc1C.Cl.Cl. The highest BCUT2D eigenvalue weighted by Gasteiger charge is 2.31. The number of likely N-dealkylation sites (tertiary alicyclic amines) is 1. The average Bonchev–Trinajstić information content (AvgIpc) is 3.18. The number of nitrogens with one attached hydrogen (secondary N) is 1. The van der Waals surface area contributed by atoms with Gasteiger partial charge in [-0.05, 0) is 26.8 Å². The van der Waals surface area contributed by atoms with Crippen LogP contribution in [0.25, 0.3) is 10.6 Å². The molecule has 0 bridgehead atoms. The maximum absolute atomic E-state index is 12.9. The van der Waals surface area contributed by atoms with Gasteiger partial charge in [0.1, 0.15) is 9.88 Å². The highest BCUT2D eigenvalue weighted by atomic mass is 35.5. The van der Waals surface area contributed by atoms with Crippen LogP contribution in [0.2, 0.25) is 0 Å². The van der Waals surface area contributed by atoms with E-state index in [4.69, 9.17) is 0 Å². The molecule has 0 radical (unpaired) electrons. The molecule has 0 saturated carbocycles.